The molecular weight excluding hydrogens is 491 g/mol. The van der Waals surface area contributed by atoms with Crippen molar-refractivity contribution < 1.29 is 32.5 Å². The van der Waals surface area contributed by atoms with Crippen molar-refractivity contribution in [2.75, 3.05) is 42.9 Å². The third kappa shape index (κ3) is 6.26. The van der Waals surface area contributed by atoms with Crippen molar-refractivity contribution in [3.05, 3.63) is 52.5 Å². The molecule has 2 aromatic carbocycles. The van der Waals surface area contributed by atoms with Gasteiger partial charge in [0.2, 0.25) is 0 Å². The van der Waals surface area contributed by atoms with Gasteiger partial charge in [0.1, 0.15) is 6.61 Å². The fourth-order valence-corrected chi connectivity index (χ4v) is 3.23. The number of alkyl halides is 3. The van der Waals surface area contributed by atoms with Crippen molar-refractivity contribution in [1.29, 1.82) is 5.26 Å². The van der Waals surface area contributed by atoms with E-state index in [1.165, 1.54) is 29.3 Å². The summed E-state index contributed by atoms with van der Waals surface area (Å²) < 4.78 is 45.2. The van der Waals surface area contributed by atoms with Crippen LogP contribution in [0, 0.1) is 11.3 Å². The Morgan fingerprint density at radius 3 is 2.54 bits per heavy atom. The molecule has 1 fully saturated rings. The van der Waals surface area contributed by atoms with E-state index in [0.717, 1.165) is 17.4 Å². The molecule has 2 aromatic rings. The number of rotatable bonds is 6. The van der Waals surface area contributed by atoms with E-state index in [0.29, 0.717) is 12.2 Å². The number of amides is 1. The highest BCUT2D eigenvalue weighted by atomic mass is 35.5. The van der Waals surface area contributed by atoms with Crippen molar-refractivity contribution in [2.45, 2.75) is 25.7 Å². The number of ether oxygens (including phenoxy) is 1. The number of benzene rings is 2. The lowest BCUT2D eigenvalue weighted by atomic mass is 10.1. The van der Waals surface area contributed by atoms with E-state index in [1.54, 1.807) is 19.9 Å². The molecular formula is C22H23ClF3N5O4. The summed E-state index contributed by atoms with van der Waals surface area (Å²) in [6.45, 7) is 3.96. The lowest BCUT2D eigenvalue weighted by Crippen LogP contribution is -2.38. The molecule has 0 aliphatic carbocycles. The first kappa shape index (κ1) is 26.4. The van der Waals surface area contributed by atoms with E-state index in [9.17, 15) is 18.0 Å². The van der Waals surface area contributed by atoms with Crippen molar-refractivity contribution in [2.24, 2.45) is 0 Å². The molecule has 1 saturated heterocycles. The van der Waals surface area contributed by atoms with Crippen LogP contribution in [0.1, 0.15) is 25.0 Å². The van der Waals surface area contributed by atoms with Crippen LogP contribution in [0.5, 0.6) is 0 Å². The summed E-state index contributed by atoms with van der Waals surface area (Å²) >= 11 is 6.20. The fraction of sp³-hybridized carbons (Fsp3) is 0.364. The summed E-state index contributed by atoms with van der Waals surface area (Å²) in [6, 6.07) is 9.19. The maximum Gasteiger partial charge on any atom is 0.417 e. The molecule has 3 rings (SSSR count). The van der Waals surface area contributed by atoms with Gasteiger partial charge >= 0.3 is 12.3 Å². The van der Waals surface area contributed by atoms with Crippen molar-refractivity contribution in [1.82, 2.24) is 4.90 Å². The summed E-state index contributed by atoms with van der Waals surface area (Å²) in [5.74, 6) is 0. The van der Waals surface area contributed by atoms with Crippen LogP contribution in [0.4, 0.5) is 35.0 Å². The molecule has 0 atom stereocenters. The van der Waals surface area contributed by atoms with Gasteiger partial charge < -0.3 is 9.64 Å². The predicted molar refractivity (Wildman–Crippen MR) is 122 cm³/mol. The van der Waals surface area contributed by atoms with E-state index >= 15 is 0 Å². The minimum Gasteiger partial charge on any atom is -0.448 e. The number of anilines is 3. The highest BCUT2D eigenvalue weighted by molar-refractivity contribution is 6.33. The lowest BCUT2D eigenvalue weighted by molar-refractivity contribution is -0.137. The van der Waals surface area contributed by atoms with Crippen molar-refractivity contribution in [3.63, 3.8) is 0 Å². The highest BCUT2D eigenvalue weighted by Crippen LogP contribution is 2.40. The molecule has 188 valence electrons. The summed E-state index contributed by atoms with van der Waals surface area (Å²) in [7, 11) is 3.68. The Kier molecular flexibility index (Phi) is 7.66. The average molecular weight is 514 g/mol. The number of likely N-dealkylation sites (N-methyl/N-ethyl adjacent to an activating group) is 1. The molecule has 35 heavy (non-hydrogen) atoms. The molecule has 1 aliphatic heterocycles. The Morgan fingerprint density at radius 1 is 1.23 bits per heavy atom. The maximum atomic E-state index is 13.4. The van der Waals surface area contributed by atoms with Crippen LogP contribution in [0.25, 0.3) is 0 Å². The van der Waals surface area contributed by atoms with Crippen LogP contribution in [0.3, 0.4) is 0 Å². The average Bonchev–Trinajstić information content (AvgIpc) is 3.09. The Balaban J connectivity index is 1.82. The van der Waals surface area contributed by atoms with E-state index < -0.39 is 29.1 Å². The number of hydroxylamine groups is 1. The molecule has 0 saturated carbocycles. The Bertz CT molecular complexity index is 1140. The third-order valence-corrected chi connectivity index (χ3v) is 5.11. The van der Waals surface area contributed by atoms with Crippen LogP contribution in [-0.4, -0.2) is 44.0 Å². The van der Waals surface area contributed by atoms with Gasteiger partial charge in [0, 0.05) is 6.54 Å². The molecule has 1 N–H and O–H groups in total. The molecule has 9 nitrogen and oxygen atoms in total. The Hall–Kier alpha value is -3.24. The number of hydrogen-bond acceptors (Lipinski definition) is 8. The van der Waals surface area contributed by atoms with Gasteiger partial charge in [-0.15, -0.1) is 4.94 Å². The van der Waals surface area contributed by atoms with Crippen LogP contribution in [-0.2, 0) is 20.7 Å². The maximum absolute atomic E-state index is 13.4. The first-order valence-corrected chi connectivity index (χ1v) is 10.7. The van der Waals surface area contributed by atoms with Gasteiger partial charge in [0.25, 0.3) is 0 Å². The lowest BCUT2D eigenvalue weighted by Gasteiger charge is -2.26. The molecule has 1 aliphatic rings. The predicted octanol–water partition coefficient (Wildman–Crippen LogP) is 5.18. The second-order valence-corrected chi connectivity index (χ2v) is 8.65. The first-order chi connectivity index (χ1) is 16.3. The molecule has 0 bridgehead atoms. The molecule has 1 heterocycles. The monoisotopic (exact) mass is 513 g/mol. The smallest absolute Gasteiger partial charge is 0.417 e. The van der Waals surface area contributed by atoms with Gasteiger partial charge in [-0.3, -0.25) is 5.32 Å². The van der Waals surface area contributed by atoms with Gasteiger partial charge in [0.15, 0.2) is 5.72 Å². The first-order valence-electron chi connectivity index (χ1n) is 10.3. The Labute approximate surface area is 205 Å². The standard InChI is InChI=1S/C22H23ClF3N5O4/c1-21(2)30(15-7-8-18(23)19(12-15)28-20(32)33-10-9-29(3)4)35-31(34-21)16-6-5-14(13-27)17(11-16)22(24,25)26/h5-8,11-12H,9-10H2,1-4H3,(H,28,32). The van der Waals surface area contributed by atoms with Crippen molar-refractivity contribution >= 4 is 34.8 Å². The summed E-state index contributed by atoms with van der Waals surface area (Å²) in [6.07, 6.45) is -5.45. The third-order valence-electron chi connectivity index (χ3n) is 4.78. The summed E-state index contributed by atoms with van der Waals surface area (Å²) in [5.41, 5.74) is -2.29. The number of carbonyl (C=O) groups is 1. The molecule has 0 unspecified atom stereocenters. The van der Waals surface area contributed by atoms with E-state index in [4.69, 9.17) is 31.4 Å². The van der Waals surface area contributed by atoms with Gasteiger partial charge in [0.05, 0.1) is 39.3 Å². The number of halogens is 4. The van der Waals surface area contributed by atoms with Crippen LogP contribution in [0.15, 0.2) is 36.4 Å². The number of nitriles is 1. The van der Waals surface area contributed by atoms with E-state index in [2.05, 4.69) is 5.32 Å². The number of nitrogens with one attached hydrogen (secondary N) is 1. The van der Waals surface area contributed by atoms with Crippen LogP contribution in [0.2, 0.25) is 5.02 Å². The van der Waals surface area contributed by atoms with Crippen LogP contribution < -0.4 is 15.6 Å². The minimum absolute atomic E-state index is 0.0799. The minimum atomic E-state index is -4.74. The van der Waals surface area contributed by atoms with Gasteiger partial charge in [-0.05, 0) is 64.3 Å². The molecule has 0 radical (unpaired) electrons. The van der Waals surface area contributed by atoms with Crippen molar-refractivity contribution in [3.8, 4) is 6.07 Å². The second-order valence-electron chi connectivity index (χ2n) is 8.24. The van der Waals surface area contributed by atoms with E-state index in [1.807, 2.05) is 19.0 Å². The zero-order valence-electron chi connectivity index (χ0n) is 19.3. The summed E-state index contributed by atoms with van der Waals surface area (Å²) in [5, 5.41) is 13.9. The largest absolute Gasteiger partial charge is 0.448 e. The van der Waals surface area contributed by atoms with Gasteiger partial charge in [-0.25, -0.2) is 9.63 Å². The summed E-state index contributed by atoms with van der Waals surface area (Å²) in [4.78, 5) is 25.3. The normalized spacial score (nSPS) is 15.3. The molecule has 13 heteroatoms. The zero-order valence-corrected chi connectivity index (χ0v) is 20.1. The molecule has 0 aromatic heterocycles. The van der Waals surface area contributed by atoms with Gasteiger partial charge in [-0.2, -0.15) is 23.5 Å². The molecule has 1 amide bonds. The van der Waals surface area contributed by atoms with Gasteiger partial charge in [-0.1, -0.05) is 16.8 Å². The van der Waals surface area contributed by atoms with Crippen LogP contribution >= 0.6 is 11.6 Å². The van der Waals surface area contributed by atoms with E-state index in [-0.39, 0.29) is 23.0 Å². The SMILES string of the molecule is CN(C)CCOC(=O)Nc1cc(N2ON(c3ccc(C#N)c(C(F)(F)F)c3)OC2(C)C)ccc1Cl. The number of nitrogens with zero attached hydrogens (tertiary/aromatic N) is 4. The number of hydrogen-bond donors (Lipinski definition) is 1. The number of carbonyl (C=O) groups excluding carboxylic acids is 1. The zero-order chi connectivity index (χ0) is 26.0. The second kappa shape index (κ2) is 10.2. The molecule has 0 spiro atoms. The quantitative estimate of drug-likeness (QED) is 0.565. The topological polar surface area (TPSA) is 90.3 Å². The highest BCUT2D eigenvalue weighted by Gasteiger charge is 2.43. The Morgan fingerprint density at radius 2 is 1.91 bits per heavy atom. The fourth-order valence-electron chi connectivity index (χ4n) is 3.07.